The van der Waals surface area contributed by atoms with Crippen molar-refractivity contribution in [1.29, 1.82) is 0 Å². The van der Waals surface area contributed by atoms with E-state index in [2.05, 4.69) is 4.84 Å². The minimum Gasteiger partial charge on any atom is -0.407 e. The summed E-state index contributed by atoms with van der Waals surface area (Å²) in [5.41, 5.74) is 0.996. The lowest BCUT2D eigenvalue weighted by atomic mass is 9.89. The molecule has 1 aliphatic rings. The summed E-state index contributed by atoms with van der Waals surface area (Å²) in [6, 6.07) is 6.61. The van der Waals surface area contributed by atoms with Crippen molar-refractivity contribution < 1.29 is 14.4 Å². The molecule has 0 unspecified atom stereocenters. The summed E-state index contributed by atoms with van der Waals surface area (Å²) in [7, 11) is 0. The van der Waals surface area contributed by atoms with E-state index in [1.165, 1.54) is 6.92 Å². The summed E-state index contributed by atoms with van der Waals surface area (Å²) in [6.45, 7) is 1.53. The van der Waals surface area contributed by atoms with Gasteiger partial charge < -0.3 is 4.84 Å². The summed E-state index contributed by atoms with van der Waals surface area (Å²) in [5.74, 6) is 4.34. The molecule has 2 rings (SSSR count). The van der Waals surface area contributed by atoms with Gasteiger partial charge in [-0.25, -0.2) is 0 Å². The summed E-state index contributed by atoms with van der Waals surface area (Å²) in [6.07, 6.45) is 0. The molecule has 0 spiro atoms. The molecule has 0 aliphatic heterocycles. The SMILES string of the molecule is CC1=C(ON)C(=O)c2ccccc2C1=O. The molecule has 0 radical (unpaired) electrons. The maximum atomic E-state index is 11.8. The Labute approximate surface area is 86.3 Å². The molecule has 0 aromatic heterocycles. The molecule has 4 heteroatoms. The van der Waals surface area contributed by atoms with Crippen LogP contribution in [0.15, 0.2) is 35.6 Å². The Morgan fingerprint density at radius 3 is 2.13 bits per heavy atom. The van der Waals surface area contributed by atoms with Crippen LogP contribution in [0, 0.1) is 0 Å². The first kappa shape index (κ1) is 9.61. The second-order valence-electron chi connectivity index (χ2n) is 3.28. The first-order valence-electron chi connectivity index (χ1n) is 4.43. The monoisotopic (exact) mass is 203 g/mol. The summed E-state index contributed by atoms with van der Waals surface area (Å²) in [5, 5.41) is 0. The number of Topliss-reactive ketones (excluding diaryl/α,β-unsaturated/α-hetero) is 2. The van der Waals surface area contributed by atoms with Gasteiger partial charge in [0.15, 0.2) is 5.78 Å². The second kappa shape index (κ2) is 3.33. The third kappa shape index (κ3) is 1.27. The van der Waals surface area contributed by atoms with Crippen molar-refractivity contribution in [2.45, 2.75) is 6.92 Å². The molecule has 15 heavy (non-hydrogen) atoms. The lowest BCUT2D eigenvalue weighted by molar-refractivity contribution is 0.0873. The van der Waals surface area contributed by atoms with E-state index in [0.717, 1.165) is 0 Å². The van der Waals surface area contributed by atoms with Crippen LogP contribution in [0.5, 0.6) is 0 Å². The smallest absolute Gasteiger partial charge is 0.231 e. The second-order valence-corrected chi connectivity index (χ2v) is 3.28. The van der Waals surface area contributed by atoms with Gasteiger partial charge in [-0.1, -0.05) is 24.3 Å². The van der Waals surface area contributed by atoms with Gasteiger partial charge in [0.1, 0.15) is 0 Å². The molecular formula is C11H9NO3. The van der Waals surface area contributed by atoms with Gasteiger partial charge in [0.25, 0.3) is 0 Å². The van der Waals surface area contributed by atoms with E-state index in [1.807, 2.05) is 0 Å². The van der Waals surface area contributed by atoms with Crippen molar-refractivity contribution >= 4 is 11.6 Å². The molecule has 0 saturated heterocycles. The fourth-order valence-electron chi connectivity index (χ4n) is 1.62. The zero-order valence-corrected chi connectivity index (χ0v) is 8.11. The molecule has 1 aromatic rings. The lowest BCUT2D eigenvalue weighted by Gasteiger charge is -2.16. The van der Waals surface area contributed by atoms with Crippen LogP contribution in [0.4, 0.5) is 0 Å². The van der Waals surface area contributed by atoms with Crippen molar-refractivity contribution in [3.05, 3.63) is 46.7 Å². The first-order valence-corrected chi connectivity index (χ1v) is 4.43. The van der Waals surface area contributed by atoms with Gasteiger partial charge in [-0.15, -0.1) is 0 Å². The molecule has 0 heterocycles. The molecular weight excluding hydrogens is 194 g/mol. The number of nitrogens with two attached hydrogens (primary N) is 1. The molecule has 2 N–H and O–H groups in total. The molecule has 1 aliphatic carbocycles. The quantitative estimate of drug-likeness (QED) is 0.697. The molecule has 0 amide bonds. The molecule has 0 bridgehead atoms. The minimum atomic E-state index is -0.342. The maximum absolute atomic E-state index is 11.8. The highest BCUT2D eigenvalue weighted by molar-refractivity contribution is 6.25. The highest BCUT2D eigenvalue weighted by atomic mass is 16.6. The lowest BCUT2D eigenvalue weighted by Crippen LogP contribution is -2.23. The molecule has 0 saturated carbocycles. The van der Waals surface area contributed by atoms with Gasteiger partial charge in [0.2, 0.25) is 11.5 Å². The number of benzene rings is 1. The van der Waals surface area contributed by atoms with Crippen LogP contribution >= 0.6 is 0 Å². The summed E-state index contributed by atoms with van der Waals surface area (Å²) < 4.78 is 0. The Morgan fingerprint density at radius 1 is 1.07 bits per heavy atom. The molecule has 0 fully saturated rings. The molecule has 76 valence electrons. The van der Waals surface area contributed by atoms with E-state index in [4.69, 9.17) is 5.90 Å². The standard InChI is InChI=1S/C11H9NO3/c1-6-9(13)7-4-2-3-5-8(7)10(14)11(6)15-12/h2-5H,12H2,1H3. The van der Waals surface area contributed by atoms with E-state index in [1.54, 1.807) is 24.3 Å². The number of allylic oxidation sites excluding steroid dienone is 2. The first-order chi connectivity index (χ1) is 7.16. The Morgan fingerprint density at radius 2 is 1.60 bits per heavy atom. The predicted octanol–water partition coefficient (Wildman–Crippen LogP) is 1.23. The normalized spacial score (nSPS) is 15.3. The van der Waals surface area contributed by atoms with E-state index in [0.29, 0.717) is 11.1 Å². The number of rotatable bonds is 1. The van der Waals surface area contributed by atoms with Gasteiger partial charge in [-0.05, 0) is 6.92 Å². The van der Waals surface area contributed by atoms with Gasteiger partial charge in [-0.2, -0.15) is 5.90 Å². The Balaban J connectivity index is 2.68. The van der Waals surface area contributed by atoms with Crippen molar-refractivity contribution in [2.24, 2.45) is 5.90 Å². The van der Waals surface area contributed by atoms with Gasteiger partial charge in [-0.3, -0.25) is 9.59 Å². The van der Waals surface area contributed by atoms with Crippen LogP contribution in [0.25, 0.3) is 0 Å². The maximum Gasteiger partial charge on any atom is 0.231 e. The van der Waals surface area contributed by atoms with Gasteiger partial charge in [0.05, 0.1) is 0 Å². The number of ketones is 2. The van der Waals surface area contributed by atoms with Gasteiger partial charge in [0, 0.05) is 16.7 Å². The zero-order chi connectivity index (χ0) is 11.0. The van der Waals surface area contributed by atoms with Crippen molar-refractivity contribution in [3.8, 4) is 0 Å². The molecule has 0 atom stereocenters. The number of fused-ring (bicyclic) bond motifs is 1. The highest BCUT2D eigenvalue weighted by Crippen LogP contribution is 2.25. The average molecular weight is 203 g/mol. The Kier molecular flexibility index (Phi) is 2.13. The van der Waals surface area contributed by atoms with Crippen molar-refractivity contribution in [3.63, 3.8) is 0 Å². The largest absolute Gasteiger partial charge is 0.407 e. The van der Waals surface area contributed by atoms with E-state index in [9.17, 15) is 9.59 Å². The zero-order valence-electron chi connectivity index (χ0n) is 8.11. The van der Waals surface area contributed by atoms with Crippen LogP contribution in [-0.2, 0) is 4.84 Å². The third-order valence-corrected chi connectivity index (χ3v) is 2.42. The summed E-state index contributed by atoms with van der Waals surface area (Å²) in [4.78, 5) is 28.0. The van der Waals surface area contributed by atoms with Crippen molar-refractivity contribution in [1.82, 2.24) is 0 Å². The third-order valence-electron chi connectivity index (χ3n) is 2.42. The number of carbonyl (C=O) groups excluding carboxylic acids is 2. The molecule has 4 nitrogen and oxygen atoms in total. The average Bonchev–Trinajstić information content (AvgIpc) is 2.27. The van der Waals surface area contributed by atoms with Crippen LogP contribution in [0.1, 0.15) is 27.6 Å². The predicted molar refractivity (Wildman–Crippen MR) is 53.1 cm³/mol. The fraction of sp³-hybridized carbons (Fsp3) is 0.0909. The molecule has 1 aromatic carbocycles. The van der Waals surface area contributed by atoms with E-state index >= 15 is 0 Å². The minimum absolute atomic E-state index is 0.0706. The van der Waals surface area contributed by atoms with E-state index in [-0.39, 0.29) is 22.9 Å². The number of carbonyl (C=O) groups is 2. The topological polar surface area (TPSA) is 69.4 Å². The summed E-state index contributed by atoms with van der Waals surface area (Å²) >= 11 is 0. The highest BCUT2D eigenvalue weighted by Gasteiger charge is 2.30. The van der Waals surface area contributed by atoms with Crippen LogP contribution in [0.2, 0.25) is 0 Å². The number of hydrogen-bond donors (Lipinski definition) is 1. The van der Waals surface area contributed by atoms with Gasteiger partial charge >= 0.3 is 0 Å². The Bertz CT molecular complexity index is 488. The van der Waals surface area contributed by atoms with E-state index < -0.39 is 0 Å². The van der Waals surface area contributed by atoms with Crippen LogP contribution in [-0.4, -0.2) is 11.6 Å². The fourth-order valence-corrected chi connectivity index (χ4v) is 1.62. The number of hydrogen-bond acceptors (Lipinski definition) is 4. The van der Waals surface area contributed by atoms with Crippen LogP contribution < -0.4 is 5.90 Å². The van der Waals surface area contributed by atoms with Crippen molar-refractivity contribution in [2.75, 3.05) is 0 Å². The van der Waals surface area contributed by atoms with Crippen LogP contribution in [0.3, 0.4) is 0 Å². The Hall–Kier alpha value is -1.94.